The molecular formula is C8H7F5N2O2S. The van der Waals surface area contributed by atoms with E-state index in [9.17, 15) is 30.4 Å². The minimum Gasteiger partial charge on any atom is -0.227 e. The Kier molecular flexibility index (Phi) is 4.22. The second kappa shape index (κ2) is 5.14. The van der Waals surface area contributed by atoms with Crippen LogP contribution in [-0.4, -0.2) is 32.3 Å². The SMILES string of the molecule is O=S(=O)(NCC(F)(F)C(F)F)c1ccc(F)nc1. The highest BCUT2D eigenvalue weighted by atomic mass is 32.2. The Hall–Kier alpha value is -1.29. The van der Waals surface area contributed by atoms with Gasteiger partial charge in [-0.05, 0) is 12.1 Å². The fraction of sp³-hybridized carbons (Fsp3) is 0.375. The average molecular weight is 290 g/mol. The molecule has 0 aliphatic rings. The summed E-state index contributed by atoms with van der Waals surface area (Å²) in [7, 11) is -4.44. The van der Waals surface area contributed by atoms with Gasteiger partial charge in [0.1, 0.15) is 4.90 Å². The van der Waals surface area contributed by atoms with Crippen molar-refractivity contribution in [2.24, 2.45) is 0 Å². The Morgan fingerprint density at radius 1 is 1.33 bits per heavy atom. The summed E-state index contributed by atoms with van der Waals surface area (Å²) in [5.74, 6) is -5.45. The number of halogens is 5. The lowest BCUT2D eigenvalue weighted by atomic mass is 10.4. The van der Waals surface area contributed by atoms with E-state index in [1.165, 1.54) is 4.72 Å². The van der Waals surface area contributed by atoms with Gasteiger partial charge in [0, 0.05) is 0 Å². The molecule has 10 heteroatoms. The first-order valence-electron chi connectivity index (χ1n) is 4.42. The standard InChI is InChI=1S/C8H7F5N2O2S/c9-6-2-1-5(3-14-6)18(16,17)15-4-8(12,13)7(10)11/h1-3,7,15H,4H2. The molecule has 0 aliphatic heterocycles. The number of aromatic nitrogens is 1. The zero-order valence-corrected chi connectivity index (χ0v) is 9.39. The van der Waals surface area contributed by atoms with Gasteiger partial charge in [0.25, 0.3) is 0 Å². The summed E-state index contributed by atoms with van der Waals surface area (Å²) >= 11 is 0. The van der Waals surface area contributed by atoms with Crippen molar-refractivity contribution >= 4 is 10.0 Å². The highest BCUT2D eigenvalue weighted by Crippen LogP contribution is 2.22. The molecule has 1 aromatic heterocycles. The molecule has 1 heterocycles. The second-order valence-corrected chi connectivity index (χ2v) is 4.97. The van der Waals surface area contributed by atoms with Gasteiger partial charge in [-0.15, -0.1) is 0 Å². The molecule has 1 aromatic rings. The molecule has 0 bridgehead atoms. The molecule has 0 spiro atoms. The van der Waals surface area contributed by atoms with Gasteiger partial charge in [-0.25, -0.2) is 26.9 Å². The highest BCUT2D eigenvalue weighted by molar-refractivity contribution is 7.89. The lowest BCUT2D eigenvalue weighted by Crippen LogP contribution is -2.41. The Morgan fingerprint density at radius 2 is 1.94 bits per heavy atom. The van der Waals surface area contributed by atoms with Gasteiger partial charge in [-0.2, -0.15) is 13.2 Å². The van der Waals surface area contributed by atoms with Crippen molar-refractivity contribution in [3.8, 4) is 0 Å². The normalized spacial score (nSPS) is 13.0. The van der Waals surface area contributed by atoms with Gasteiger partial charge in [-0.1, -0.05) is 0 Å². The molecule has 4 nitrogen and oxygen atoms in total. The van der Waals surface area contributed by atoms with Crippen LogP contribution in [0.1, 0.15) is 0 Å². The second-order valence-electron chi connectivity index (χ2n) is 3.20. The third-order valence-electron chi connectivity index (χ3n) is 1.83. The molecule has 0 fully saturated rings. The summed E-state index contributed by atoms with van der Waals surface area (Å²) in [5, 5.41) is 0. The molecule has 0 unspecified atom stereocenters. The van der Waals surface area contributed by atoms with Crippen LogP contribution in [0, 0.1) is 5.95 Å². The van der Waals surface area contributed by atoms with E-state index in [2.05, 4.69) is 4.98 Å². The zero-order valence-electron chi connectivity index (χ0n) is 8.58. The van der Waals surface area contributed by atoms with Gasteiger partial charge in [0.15, 0.2) is 0 Å². The van der Waals surface area contributed by atoms with Crippen LogP contribution in [0.3, 0.4) is 0 Å². The van der Waals surface area contributed by atoms with Crippen LogP contribution in [0.25, 0.3) is 0 Å². The third kappa shape index (κ3) is 3.60. The van der Waals surface area contributed by atoms with Crippen molar-refractivity contribution in [2.75, 3.05) is 6.54 Å². The predicted molar refractivity (Wildman–Crippen MR) is 50.3 cm³/mol. The number of hydrogen-bond donors (Lipinski definition) is 1. The summed E-state index contributed by atoms with van der Waals surface area (Å²) < 4.78 is 85.0. The first-order valence-corrected chi connectivity index (χ1v) is 5.91. The van der Waals surface area contributed by atoms with Crippen LogP contribution in [0.5, 0.6) is 0 Å². The van der Waals surface area contributed by atoms with E-state index in [0.717, 1.165) is 6.07 Å². The van der Waals surface area contributed by atoms with Crippen molar-refractivity contribution in [1.29, 1.82) is 0 Å². The molecular weight excluding hydrogens is 283 g/mol. The van der Waals surface area contributed by atoms with E-state index in [-0.39, 0.29) is 0 Å². The summed E-state index contributed by atoms with van der Waals surface area (Å²) in [6.45, 7) is -1.76. The average Bonchev–Trinajstić information content (AvgIpc) is 2.27. The molecule has 18 heavy (non-hydrogen) atoms. The molecule has 1 N–H and O–H groups in total. The fourth-order valence-electron chi connectivity index (χ4n) is 0.873. The van der Waals surface area contributed by atoms with Gasteiger partial charge in [0.05, 0.1) is 12.7 Å². The summed E-state index contributed by atoms with van der Waals surface area (Å²) in [6, 6.07) is 1.46. The molecule has 0 radical (unpaired) electrons. The lowest BCUT2D eigenvalue weighted by Gasteiger charge is -2.15. The Labute approximate surface area is 98.9 Å². The predicted octanol–water partition coefficient (Wildman–Crippen LogP) is 1.40. The van der Waals surface area contributed by atoms with Gasteiger partial charge < -0.3 is 0 Å². The van der Waals surface area contributed by atoms with Crippen molar-refractivity contribution in [1.82, 2.24) is 9.71 Å². The molecule has 0 saturated heterocycles. The maximum Gasteiger partial charge on any atom is 0.320 e. The fourth-order valence-corrected chi connectivity index (χ4v) is 1.86. The van der Waals surface area contributed by atoms with Crippen LogP contribution in [0.2, 0.25) is 0 Å². The highest BCUT2D eigenvalue weighted by Gasteiger charge is 2.41. The quantitative estimate of drug-likeness (QED) is 0.658. The van der Waals surface area contributed by atoms with Gasteiger partial charge in [0.2, 0.25) is 16.0 Å². The number of nitrogens with one attached hydrogen (secondary N) is 1. The van der Waals surface area contributed by atoms with Crippen LogP contribution in [0.15, 0.2) is 23.2 Å². The van der Waals surface area contributed by atoms with Crippen LogP contribution >= 0.6 is 0 Å². The van der Waals surface area contributed by atoms with Crippen molar-refractivity contribution in [3.63, 3.8) is 0 Å². The minimum atomic E-state index is -4.49. The summed E-state index contributed by atoms with van der Waals surface area (Å²) in [6.07, 6.45) is -3.41. The third-order valence-corrected chi connectivity index (χ3v) is 3.21. The van der Waals surface area contributed by atoms with E-state index < -0.39 is 39.8 Å². The van der Waals surface area contributed by atoms with E-state index >= 15 is 0 Å². The van der Waals surface area contributed by atoms with E-state index in [1.54, 1.807) is 0 Å². The van der Waals surface area contributed by atoms with Crippen molar-refractivity contribution in [3.05, 3.63) is 24.3 Å². The maximum atomic E-state index is 12.5. The largest absolute Gasteiger partial charge is 0.320 e. The van der Waals surface area contributed by atoms with Crippen LogP contribution in [-0.2, 0) is 10.0 Å². The molecule has 0 atom stereocenters. The van der Waals surface area contributed by atoms with Crippen molar-refractivity contribution < 1.29 is 30.4 Å². The molecule has 0 amide bonds. The lowest BCUT2D eigenvalue weighted by molar-refractivity contribution is -0.122. The number of rotatable bonds is 5. The minimum absolute atomic E-state index is 0.582. The Morgan fingerprint density at radius 3 is 2.39 bits per heavy atom. The van der Waals surface area contributed by atoms with Gasteiger partial charge >= 0.3 is 12.3 Å². The smallest absolute Gasteiger partial charge is 0.227 e. The number of alkyl halides is 4. The molecule has 0 aromatic carbocycles. The van der Waals surface area contributed by atoms with Gasteiger partial charge in [-0.3, -0.25) is 0 Å². The van der Waals surface area contributed by atoms with E-state index in [1.807, 2.05) is 0 Å². The van der Waals surface area contributed by atoms with Crippen molar-refractivity contribution in [2.45, 2.75) is 17.2 Å². The molecule has 1 rings (SSSR count). The molecule has 0 aliphatic carbocycles. The maximum absolute atomic E-state index is 12.5. The number of sulfonamides is 1. The summed E-state index contributed by atoms with van der Waals surface area (Å²) in [5.41, 5.74) is 0. The Bertz CT molecular complexity index is 503. The number of nitrogens with zero attached hydrogens (tertiary/aromatic N) is 1. The monoisotopic (exact) mass is 290 g/mol. The van der Waals surface area contributed by atoms with E-state index in [4.69, 9.17) is 0 Å². The van der Waals surface area contributed by atoms with Crippen LogP contribution < -0.4 is 4.72 Å². The van der Waals surface area contributed by atoms with Crippen LogP contribution in [0.4, 0.5) is 22.0 Å². The topological polar surface area (TPSA) is 59.1 Å². The first-order chi connectivity index (χ1) is 8.15. The number of pyridine rings is 1. The summed E-state index contributed by atoms with van der Waals surface area (Å²) in [4.78, 5) is 2.40. The zero-order chi connectivity index (χ0) is 14.0. The molecule has 0 saturated carbocycles. The first kappa shape index (κ1) is 14.8. The van der Waals surface area contributed by atoms with E-state index in [0.29, 0.717) is 12.3 Å². The number of hydrogen-bond acceptors (Lipinski definition) is 3. The Balaban J connectivity index is 2.81. The molecule has 102 valence electrons.